The molecule has 1 amide bonds. The van der Waals surface area contributed by atoms with E-state index in [0.717, 1.165) is 5.57 Å². The van der Waals surface area contributed by atoms with E-state index in [2.05, 4.69) is 6.58 Å². The van der Waals surface area contributed by atoms with Gasteiger partial charge in [0.1, 0.15) is 5.60 Å². The standard InChI is InChI=1S/C16H27NO4/c1-7-20-14(18)8-12-9-17(10-13(12)11(2)3)15(19)21-16(4,5)6/h12-13H,2,7-10H2,1,3-6H3. The first-order valence-corrected chi connectivity index (χ1v) is 7.43. The number of hydrogen-bond acceptors (Lipinski definition) is 4. The van der Waals surface area contributed by atoms with Gasteiger partial charge in [0.15, 0.2) is 0 Å². The Balaban J connectivity index is 2.70. The number of amides is 1. The van der Waals surface area contributed by atoms with E-state index in [-0.39, 0.29) is 23.9 Å². The highest BCUT2D eigenvalue weighted by molar-refractivity contribution is 5.71. The van der Waals surface area contributed by atoms with Crippen molar-refractivity contribution in [2.75, 3.05) is 19.7 Å². The molecular formula is C16H27NO4. The van der Waals surface area contributed by atoms with Crippen LogP contribution in [0.2, 0.25) is 0 Å². The van der Waals surface area contributed by atoms with Crippen LogP contribution < -0.4 is 0 Å². The van der Waals surface area contributed by atoms with Gasteiger partial charge >= 0.3 is 12.1 Å². The van der Waals surface area contributed by atoms with Crippen molar-refractivity contribution in [1.82, 2.24) is 4.90 Å². The second-order valence-corrected chi connectivity index (χ2v) is 6.61. The Morgan fingerprint density at radius 3 is 2.38 bits per heavy atom. The first-order valence-electron chi connectivity index (χ1n) is 7.43. The molecule has 0 aromatic carbocycles. The minimum atomic E-state index is -0.519. The van der Waals surface area contributed by atoms with Crippen molar-refractivity contribution in [3.63, 3.8) is 0 Å². The van der Waals surface area contributed by atoms with E-state index in [9.17, 15) is 9.59 Å². The molecule has 1 saturated heterocycles. The van der Waals surface area contributed by atoms with Crippen molar-refractivity contribution in [3.8, 4) is 0 Å². The number of hydrogen-bond donors (Lipinski definition) is 0. The van der Waals surface area contributed by atoms with E-state index in [1.165, 1.54) is 0 Å². The topological polar surface area (TPSA) is 55.8 Å². The molecule has 1 rings (SSSR count). The van der Waals surface area contributed by atoms with Crippen LogP contribution in [-0.4, -0.2) is 42.3 Å². The number of ether oxygens (including phenoxy) is 2. The zero-order chi connectivity index (χ0) is 16.2. The van der Waals surface area contributed by atoms with Gasteiger partial charge in [0.05, 0.1) is 13.0 Å². The summed E-state index contributed by atoms with van der Waals surface area (Å²) in [4.78, 5) is 25.5. The van der Waals surface area contributed by atoms with Crippen molar-refractivity contribution < 1.29 is 19.1 Å². The zero-order valence-corrected chi connectivity index (χ0v) is 13.8. The smallest absolute Gasteiger partial charge is 0.410 e. The van der Waals surface area contributed by atoms with Crippen LogP contribution in [0.5, 0.6) is 0 Å². The molecule has 0 N–H and O–H groups in total. The summed E-state index contributed by atoms with van der Waals surface area (Å²) in [7, 11) is 0. The Hall–Kier alpha value is -1.52. The van der Waals surface area contributed by atoms with Gasteiger partial charge in [-0.15, -0.1) is 0 Å². The summed E-state index contributed by atoms with van der Waals surface area (Å²) in [5, 5.41) is 0. The van der Waals surface area contributed by atoms with Crippen molar-refractivity contribution in [3.05, 3.63) is 12.2 Å². The third-order valence-electron chi connectivity index (χ3n) is 3.46. The lowest BCUT2D eigenvalue weighted by atomic mass is 9.88. The van der Waals surface area contributed by atoms with Crippen molar-refractivity contribution in [2.45, 2.75) is 46.6 Å². The fourth-order valence-corrected chi connectivity index (χ4v) is 2.55. The largest absolute Gasteiger partial charge is 0.466 e. The quantitative estimate of drug-likeness (QED) is 0.591. The van der Waals surface area contributed by atoms with E-state index in [1.54, 1.807) is 11.8 Å². The summed E-state index contributed by atoms with van der Waals surface area (Å²) >= 11 is 0. The van der Waals surface area contributed by atoms with Gasteiger partial charge in [0, 0.05) is 19.0 Å². The van der Waals surface area contributed by atoms with Crippen molar-refractivity contribution in [1.29, 1.82) is 0 Å². The van der Waals surface area contributed by atoms with Gasteiger partial charge in [-0.2, -0.15) is 0 Å². The van der Waals surface area contributed by atoms with E-state index in [1.807, 2.05) is 27.7 Å². The predicted octanol–water partition coefficient (Wildman–Crippen LogP) is 3.00. The van der Waals surface area contributed by atoms with Crippen LogP contribution in [0.1, 0.15) is 41.0 Å². The summed E-state index contributed by atoms with van der Waals surface area (Å²) in [6.45, 7) is 14.6. The monoisotopic (exact) mass is 297 g/mol. The Labute approximate surface area is 127 Å². The molecule has 0 aromatic rings. The molecule has 0 aliphatic carbocycles. The Morgan fingerprint density at radius 2 is 1.90 bits per heavy atom. The minimum absolute atomic E-state index is 0.0501. The number of carbonyl (C=O) groups is 2. The Kier molecular flexibility index (Phi) is 5.81. The molecule has 0 radical (unpaired) electrons. The first-order chi connectivity index (χ1) is 9.64. The van der Waals surface area contributed by atoms with Crippen LogP contribution in [0.4, 0.5) is 4.79 Å². The van der Waals surface area contributed by atoms with Gasteiger partial charge in [0.2, 0.25) is 0 Å². The highest BCUT2D eigenvalue weighted by Gasteiger charge is 2.38. The number of esters is 1. The molecule has 0 aromatic heterocycles. The van der Waals surface area contributed by atoms with Gasteiger partial charge < -0.3 is 14.4 Å². The average molecular weight is 297 g/mol. The van der Waals surface area contributed by atoms with Crippen LogP contribution >= 0.6 is 0 Å². The predicted molar refractivity (Wildman–Crippen MR) is 80.9 cm³/mol. The van der Waals surface area contributed by atoms with Gasteiger partial charge in [0.25, 0.3) is 0 Å². The van der Waals surface area contributed by atoms with E-state index >= 15 is 0 Å². The number of nitrogens with zero attached hydrogens (tertiary/aromatic N) is 1. The lowest BCUT2D eigenvalue weighted by Crippen LogP contribution is -2.35. The summed E-state index contributed by atoms with van der Waals surface area (Å²) < 4.78 is 10.4. The zero-order valence-electron chi connectivity index (χ0n) is 13.8. The van der Waals surface area contributed by atoms with Crippen LogP contribution in [0, 0.1) is 11.8 Å². The second-order valence-electron chi connectivity index (χ2n) is 6.61. The molecule has 21 heavy (non-hydrogen) atoms. The molecule has 0 saturated carbocycles. The van der Waals surface area contributed by atoms with Crippen molar-refractivity contribution in [2.24, 2.45) is 11.8 Å². The maximum atomic E-state index is 12.1. The molecule has 1 aliphatic heterocycles. The highest BCUT2D eigenvalue weighted by Crippen LogP contribution is 2.32. The summed E-state index contributed by atoms with van der Waals surface area (Å²) in [5.74, 6) is -0.0595. The van der Waals surface area contributed by atoms with Crippen LogP contribution in [0.25, 0.3) is 0 Å². The van der Waals surface area contributed by atoms with Crippen LogP contribution in [0.15, 0.2) is 12.2 Å². The van der Waals surface area contributed by atoms with Crippen molar-refractivity contribution >= 4 is 12.1 Å². The van der Waals surface area contributed by atoms with Gasteiger partial charge in [-0.3, -0.25) is 4.79 Å². The maximum absolute atomic E-state index is 12.1. The van der Waals surface area contributed by atoms with Gasteiger partial charge in [-0.1, -0.05) is 12.2 Å². The lowest BCUT2D eigenvalue weighted by Gasteiger charge is -2.24. The second kappa shape index (κ2) is 6.96. The molecule has 2 unspecified atom stereocenters. The fraction of sp³-hybridized carbons (Fsp3) is 0.750. The maximum Gasteiger partial charge on any atom is 0.410 e. The number of rotatable bonds is 4. The molecule has 120 valence electrons. The highest BCUT2D eigenvalue weighted by atomic mass is 16.6. The normalized spacial score (nSPS) is 22.0. The molecule has 1 fully saturated rings. The molecular weight excluding hydrogens is 270 g/mol. The summed E-state index contributed by atoms with van der Waals surface area (Å²) in [6, 6.07) is 0. The molecule has 0 bridgehead atoms. The number of carbonyl (C=O) groups excluding carboxylic acids is 2. The Bertz CT molecular complexity index is 411. The molecule has 5 heteroatoms. The van der Waals surface area contributed by atoms with Crippen LogP contribution in [0.3, 0.4) is 0 Å². The summed E-state index contributed by atoms with van der Waals surface area (Å²) in [5.41, 5.74) is 0.463. The third kappa shape index (κ3) is 5.40. The minimum Gasteiger partial charge on any atom is -0.466 e. The Morgan fingerprint density at radius 1 is 1.29 bits per heavy atom. The molecule has 5 nitrogen and oxygen atoms in total. The first kappa shape index (κ1) is 17.5. The van der Waals surface area contributed by atoms with Crippen LogP contribution in [-0.2, 0) is 14.3 Å². The number of likely N-dealkylation sites (tertiary alicyclic amines) is 1. The van der Waals surface area contributed by atoms with E-state index in [4.69, 9.17) is 9.47 Å². The van der Waals surface area contributed by atoms with Gasteiger partial charge in [-0.25, -0.2) is 4.79 Å². The molecule has 0 spiro atoms. The summed E-state index contributed by atoms with van der Waals surface area (Å²) in [6.07, 6.45) is -0.0230. The molecule has 2 atom stereocenters. The lowest BCUT2D eigenvalue weighted by molar-refractivity contribution is -0.144. The molecule has 1 heterocycles. The van der Waals surface area contributed by atoms with Gasteiger partial charge in [-0.05, 0) is 40.5 Å². The molecule has 1 aliphatic rings. The fourth-order valence-electron chi connectivity index (χ4n) is 2.55. The van der Waals surface area contributed by atoms with E-state index < -0.39 is 5.60 Å². The van der Waals surface area contributed by atoms with E-state index in [0.29, 0.717) is 26.1 Å². The average Bonchev–Trinajstić information content (AvgIpc) is 2.71. The SMILES string of the molecule is C=C(C)C1CN(C(=O)OC(C)(C)C)CC1CC(=O)OCC. The third-order valence-corrected chi connectivity index (χ3v) is 3.46.